The Hall–Kier alpha value is -1.59. The number of carbonyl (C=O) groups is 1. The molecular weight excluding hydrogens is 292 g/mol. The topological polar surface area (TPSA) is 64.0 Å². The van der Waals surface area contributed by atoms with E-state index in [1.165, 1.54) is 12.8 Å². The van der Waals surface area contributed by atoms with E-state index in [0.717, 1.165) is 25.9 Å². The lowest BCUT2D eigenvalue weighted by molar-refractivity contribution is -0.132. The molecule has 0 spiro atoms. The Bertz CT molecular complexity index is 499. The molecule has 23 heavy (non-hydrogen) atoms. The number of hydrogen-bond acceptors (Lipinski definition) is 4. The van der Waals surface area contributed by atoms with E-state index in [1.54, 1.807) is 24.3 Å². The number of phenols is 1. The van der Waals surface area contributed by atoms with E-state index in [9.17, 15) is 15.0 Å². The molecule has 0 saturated carbocycles. The third-order valence-corrected chi connectivity index (χ3v) is 4.45. The first-order valence-electron chi connectivity index (χ1n) is 8.57. The second kappa shape index (κ2) is 8.89. The number of benzene rings is 1. The Morgan fingerprint density at radius 2 is 1.96 bits per heavy atom. The first-order valence-corrected chi connectivity index (χ1v) is 8.57. The zero-order valence-corrected chi connectivity index (χ0v) is 13.9. The molecule has 0 aromatic heterocycles. The lowest BCUT2D eigenvalue weighted by atomic mass is 10.1. The number of phenolic OH excluding ortho intramolecular Hbond substituents is 1. The molecule has 128 valence electrons. The number of amides is 1. The fourth-order valence-electron chi connectivity index (χ4n) is 3.00. The van der Waals surface area contributed by atoms with Crippen LogP contribution in [-0.4, -0.2) is 58.6 Å². The molecule has 0 aliphatic carbocycles. The van der Waals surface area contributed by atoms with E-state index < -0.39 is 6.10 Å². The van der Waals surface area contributed by atoms with Crippen molar-refractivity contribution >= 4 is 5.91 Å². The predicted molar refractivity (Wildman–Crippen MR) is 90.2 cm³/mol. The van der Waals surface area contributed by atoms with Crippen LogP contribution in [0.5, 0.6) is 5.75 Å². The number of likely N-dealkylation sites (tertiary alicyclic amines) is 1. The van der Waals surface area contributed by atoms with E-state index in [0.29, 0.717) is 25.2 Å². The molecule has 2 N–H and O–H groups in total. The van der Waals surface area contributed by atoms with E-state index in [1.807, 2.05) is 16.7 Å². The molecule has 1 saturated heterocycles. The van der Waals surface area contributed by atoms with Crippen molar-refractivity contribution in [2.45, 2.75) is 38.7 Å². The number of hydrogen-bond donors (Lipinski definition) is 2. The van der Waals surface area contributed by atoms with Crippen LogP contribution < -0.4 is 0 Å². The van der Waals surface area contributed by atoms with Crippen molar-refractivity contribution in [2.24, 2.45) is 0 Å². The van der Waals surface area contributed by atoms with Gasteiger partial charge in [-0.15, -0.1) is 0 Å². The fourth-order valence-corrected chi connectivity index (χ4v) is 3.00. The van der Waals surface area contributed by atoms with E-state index >= 15 is 0 Å². The molecule has 1 aliphatic heterocycles. The Morgan fingerprint density at radius 1 is 1.26 bits per heavy atom. The summed E-state index contributed by atoms with van der Waals surface area (Å²) < 4.78 is 0. The summed E-state index contributed by atoms with van der Waals surface area (Å²) in [6.07, 6.45) is 3.88. The highest BCUT2D eigenvalue weighted by molar-refractivity contribution is 5.78. The molecule has 1 atom stereocenters. The molecule has 1 fully saturated rings. The van der Waals surface area contributed by atoms with Gasteiger partial charge >= 0.3 is 0 Å². The molecule has 5 nitrogen and oxygen atoms in total. The van der Waals surface area contributed by atoms with Gasteiger partial charge in [-0.25, -0.2) is 0 Å². The molecule has 0 bridgehead atoms. The average Bonchev–Trinajstić information content (AvgIpc) is 2.83. The highest BCUT2D eigenvalue weighted by Gasteiger charge is 2.20. The van der Waals surface area contributed by atoms with Gasteiger partial charge in [0.1, 0.15) is 5.75 Å². The summed E-state index contributed by atoms with van der Waals surface area (Å²) in [4.78, 5) is 16.4. The van der Waals surface area contributed by atoms with E-state index in [-0.39, 0.29) is 11.7 Å². The summed E-state index contributed by atoms with van der Waals surface area (Å²) in [7, 11) is 0. The zero-order chi connectivity index (χ0) is 16.7. The fraction of sp³-hybridized carbons (Fsp3) is 0.611. The maximum absolute atomic E-state index is 12.5. The molecule has 1 amide bonds. The third kappa shape index (κ3) is 5.52. The van der Waals surface area contributed by atoms with Crippen molar-refractivity contribution in [1.29, 1.82) is 0 Å². The summed E-state index contributed by atoms with van der Waals surface area (Å²) in [6, 6.07) is 6.65. The third-order valence-electron chi connectivity index (χ3n) is 4.45. The van der Waals surface area contributed by atoms with Crippen molar-refractivity contribution in [3.8, 4) is 5.75 Å². The summed E-state index contributed by atoms with van der Waals surface area (Å²) in [5, 5.41) is 19.8. The van der Waals surface area contributed by atoms with Crippen molar-refractivity contribution in [3.63, 3.8) is 0 Å². The quantitative estimate of drug-likeness (QED) is 0.843. The van der Waals surface area contributed by atoms with Crippen molar-refractivity contribution in [3.05, 3.63) is 29.8 Å². The number of aromatic hydroxyl groups is 1. The van der Waals surface area contributed by atoms with Crippen LogP contribution in [0.1, 0.15) is 44.3 Å². The van der Waals surface area contributed by atoms with Gasteiger partial charge in [-0.1, -0.05) is 31.9 Å². The Kier molecular flexibility index (Phi) is 6.86. The lowest BCUT2D eigenvalue weighted by Crippen LogP contribution is -2.42. The SMILES string of the molecule is CCN(CC(=O)N1CCCCCC1)CC(O)c1cccc(O)c1. The highest BCUT2D eigenvalue weighted by Crippen LogP contribution is 2.19. The van der Waals surface area contributed by atoms with Crippen molar-refractivity contribution < 1.29 is 15.0 Å². The molecule has 1 aromatic rings. The molecule has 1 aliphatic rings. The molecule has 1 unspecified atom stereocenters. The number of carbonyl (C=O) groups excluding carboxylic acids is 1. The van der Waals surface area contributed by atoms with Crippen LogP contribution in [-0.2, 0) is 4.79 Å². The first kappa shape index (κ1) is 17.8. The smallest absolute Gasteiger partial charge is 0.236 e. The maximum atomic E-state index is 12.5. The van der Waals surface area contributed by atoms with Gasteiger partial charge < -0.3 is 15.1 Å². The second-order valence-corrected chi connectivity index (χ2v) is 6.23. The van der Waals surface area contributed by atoms with Gasteiger partial charge in [0.2, 0.25) is 5.91 Å². The average molecular weight is 320 g/mol. The van der Waals surface area contributed by atoms with Crippen LogP contribution >= 0.6 is 0 Å². The van der Waals surface area contributed by atoms with E-state index in [4.69, 9.17) is 0 Å². The molecule has 0 radical (unpaired) electrons. The number of aliphatic hydroxyl groups is 1. The number of nitrogens with zero attached hydrogens (tertiary/aromatic N) is 2. The summed E-state index contributed by atoms with van der Waals surface area (Å²) in [6.45, 7) is 5.13. The zero-order valence-electron chi connectivity index (χ0n) is 13.9. The predicted octanol–water partition coefficient (Wildman–Crippen LogP) is 2.15. The molecule has 1 heterocycles. The largest absolute Gasteiger partial charge is 0.508 e. The van der Waals surface area contributed by atoms with Crippen molar-refractivity contribution in [1.82, 2.24) is 9.80 Å². The van der Waals surface area contributed by atoms with Crippen LogP contribution in [0.25, 0.3) is 0 Å². The standard InChI is InChI=1S/C18H28N2O3/c1-2-19(13-17(22)15-8-7-9-16(21)12-15)14-18(23)20-10-5-3-4-6-11-20/h7-9,12,17,21-22H,2-6,10-11,13-14H2,1H3. The van der Waals surface area contributed by atoms with Crippen LogP contribution in [0.15, 0.2) is 24.3 Å². The normalized spacial score (nSPS) is 17.1. The van der Waals surface area contributed by atoms with Crippen LogP contribution in [0.3, 0.4) is 0 Å². The van der Waals surface area contributed by atoms with Gasteiger partial charge in [-0.3, -0.25) is 9.69 Å². The highest BCUT2D eigenvalue weighted by atomic mass is 16.3. The number of likely N-dealkylation sites (N-methyl/N-ethyl adjacent to an activating group) is 1. The van der Waals surface area contributed by atoms with Crippen molar-refractivity contribution in [2.75, 3.05) is 32.7 Å². The summed E-state index contributed by atoms with van der Waals surface area (Å²) in [5.41, 5.74) is 0.672. The molecular formula is C18H28N2O3. The van der Waals surface area contributed by atoms with Gasteiger partial charge in [-0.2, -0.15) is 0 Å². The minimum absolute atomic E-state index is 0.144. The number of aliphatic hydroxyl groups excluding tert-OH is 1. The Balaban J connectivity index is 1.90. The molecule has 1 aromatic carbocycles. The van der Waals surface area contributed by atoms with Crippen LogP contribution in [0.4, 0.5) is 0 Å². The first-order chi connectivity index (χ1) is 11.1. The monoisotopic (exact) mass is 320 g/mol. The van der Waals surface area contributed by atoms with Gasteiger partial charge in [0.05, 0.1) is 12.6 Å². The summed E-state index contributed by atoms with van der Waals surface area (Å²) >= 11 is 0. The minimum Gasteiger partial charge on any atom is -0.508 e. The maximum Gasteiger partial charge on any atom is 0.236 e. The van der Waals surface area contributed by atoms with Gasteiger partial charge in [0, 0.05) is 19.6 Å². The summed E-state index contributed by atoms with van der Waals surface area (Å²) in [5.74, 6) is 0.294. The van der Waals surface area contributed by atoms with E-state index in [2.05, 4.69) is 0 Å². The van der Waals surface area contributed by atoms with Gasteiger partial charge in [-0.05, 0) is 37.1 Å². The number of rotatable bonds is 6. The van der Waals surface area contributed by atoms with Gasteiger partial charge in [0.25, 0.3) is 0 Å². The Labute approximate surface area is 138 Å². The Morgan fingerprint density at radius 3 is 2.57 bits per heavy atom. The minimum atomic E-state index is -0.709. The molecule has 5 heteroatoms. The van der Waals surface area contributed by atoms with Gasteiger partial charge in [0.15, 0.2) is 0 Å². The van der Waals surface area contributed by atoms with Crippen LogP contribution in [0.2, 0.25) is 0 Å². The van der Waals surface area contributed by atoms with Crippen LogP contribution in [0, 0.1) is 0 Å². The lowest BCUT2D eigenvalue weighted by Gasteiger charge is -2.27. The second-order valence-electron chi connectivity index (χ2n) is 6.23. The molecule has 2 rings (SSSR count).